The number of carbonyl (C=O) groups excluding carboxylic acids is 1. The first kappa shape index (κ1) is 7.96. The second-order valence-electron chi connectivity index (χ2n) is 2.43. The van der Waals surface area contributed by atoms with E-state index in [4.69, 9.17) is 0 Å². The molecular weight excluding hydrogens is 122 g/mol. The van der Waals surface area contributed by atoms with Gasteiger partial charge in [-0.3, -0.25) is 0 Å². The molecule has 0 unspecified atom stereocenters. The zero-order valence-corrected chi connectivity index (χ0v) is 6.37. The van der Waals surface area contributed by atoms with Gasteiger partial charge in [-0.25, -0.2) is 0 Å². The monoisotopic (exact) mass is 132 g/mol. The molecule has 0 bridgehead atoms. The van der Waals surface area contributed by atoms with Crippen LogP contribution in [-0.4, -0.2) is 33.0 Å². The van der Waals surface area contributed by atoms with Gasteiger partial charge in [0.2, 0.25) is 0 Å². The van der Waals surface area contributed by atoms with Crippen molar-refractivity contribution in [1.82, 2.24) is 0 Å². The van der Waals surface area contributed by atoms with Gasteiger partial charge < -0.3 is 9.36 Å². The van der Waals surface area contributed by atoms with Gasteiger partial charge in [0, 0.05) is 6.16 Å². The first-order valence-corrected chi connectivity index (χ1v) is 5.24. The molecule has 0 amide bonds. The summed E-state index contributed by atoms with van der Waals surface area (Å²) in [5.74, 6) is 0. The van der Waals surface area contributed by atoms with E-state index in [-0.39, 0.29) is 11.8 Å². The molecule has 0 atom stereocenters. The Hall–Kier alpha value is -0.0351. The van der Waals surface area contributed by atoms with Crippen molar-refractivity contribution in [2.75, 3.05) is 19.5 Å². The van der Waals surface area contributed by atoms with Crippen LogP contribution < -0.4 is 0 Å². The van der Waals surface area contributed by atoms with Crippen LogP contribution >= 0.6 is 7.14 Å². The van der Waals surface area contributed by atoms with Crippen molar-refractivity contribution >= 4 is 20.7 Å². The molecule has 0 heterocycles. The summed E-state index contributed by atoms with van der Waals surface area (Å²) in [6.07, 6.45) is 0.243. The Morgan fingerprint density at radius 2 is 2.00 bits per heavy atom. The lowest BCUT2D eigenvalue weighted by Crippen LogP contribution is -2.02. The fraction of sp³-hybridized carbons (Fsp3) is 0.750. The first-order valence-electron chi connectivity index (χ1n) is 2.45. The van der Waals surface area contributed by atoms with Gasteiger partial charge in [0.1, 0.15) is 0 Å². The van der Waals surface area contributed by atoms with Gasteiger partial charge in [-0.15, -0.1) is 0 Å². The largest absolute Gasteiger partial charge is 0.324 e. The Bertz CT molecular complexity index is 137. The smallest absolute Gasteiger partial charge is 0.187 e. The van der Waals surface area contributed by atoms with E-state index < -0.39 is 7.14 Å². The van der Waals surface area contributed by atoms with Gasteiger partial charge in [-0.1, -0.05) is 0 Å². The average Bonchev–Trinajstić information content (AvgIpc) is 1.21. The third-order valence-electron chi connectivity index (χ3n) is 0.603. The van der Waals surface area contributed by atoms with Crippen molar-refractivity contribution in [2.45, 2.75) is 0 Å². The Kier molecular flexibility index (Phi) is 2.48. The predicted molar refractivity (Wildman–Crippen MR) is 37.9 cm³/mol. The van der Waals surface area contributed by atoms with Gasteiger partial charge in [-0.2, -0.15) is 0 Å². The number of hydrogen-bond acceptors (Lipinski definition) is 2. The Labute approximate surface area is 50.4 Å². The Morgan fingerprint density at radius 3 is 2.00 bits per heavy atom. The van der Waals surface area contributed by atoms with Gasteiger partial charge in [0.15, 0.2) is 7.85 Å². The number of carbonyl (C=O) groups is 1. The highest BCUT2D eigenvalue weighted by molar-refractivity contribution is 7.63. The van der Waals surface area contributed by atoms with E-state index in [2.05, 4.69) is 0 Å². The Morgan fingerprint density at radius 1 is 1.62 bits per heavy atom. The van der Waals surface area contributed by atoms with E-state index in [1.54, 1.807) is 13.3 Å². The molecule has 0 aromatic heterocycles. The summed E-state index contributed by atoms with van der Waals surface area (Å²) in [7, 11) is -0.613. The molecule has 46 valence electrons. The van der Waals surface area contributed by atoms with Gasteiger partial charge in [0.25, 0.3) is 0 Å². The molecule has 8 heavy (non-hydrogen) atoms. The fourth-order valence-corrected chi connectivity index (χ4v) is 1.61. The van der Waals surface area contributed by atoms with Crippen LogP contribution in [0.25, 0.3) is 0 Å². The molecule has 0 aliphatic rings. The molecular formula is C4H10BO2P. The Balaban J connectivity index is 3.74. The van der Waals surface area contributed by atoms with Crippen LogP contribution in [-0.2, 0) is 9.36 Å². The fourth-order valence-electron chi connectivity index (χ4n) is 0.536. The van der Waals surface area contributed by atoms with Crippen LogP contribution in [0, 0.1) is 0 Å². The van der Waals surface area contributed by atoms with Crippen LogP contribution in [0.4, 0.5) is 0 Å². The molecule has 0 saturated carbocycles. The highest BCUT2D eigenvalue weighted by Crippen LogP contribution is 2.34. The summed E-state index contributed by atoms with van der Waals surface area (Å²) in [5, 5.41) is 0. The number of rotatable bonds is 2. The quantitative estimate of drug-likeness (QED) is 0.384. The highest BCUT2D eigenvalue weighted by atomic mass is 31.2. The topological polar surface area (TPSA) is 34.1 Å². The van der Waals surface area contributed by atoms with Crippen LogP contribution in [0.2, 0.25) is 0 Å². The van der Waals surface area contributed by atoms with Crippen molar-refractivity contribution in [3.8, 4) is 0 Å². The molecule has 0 fully saturated rings. The van der Waals surface area contributed by atoms with Crippen molar-refractivity contribution < 1.29 is 9.36 Å². The van der Waals surface area contributed by atoms with Crippen LogP contribution in [0.15, 0.2) is 0 Å². The van der Waals surface area contributed by atoms with E-state index >= 15 is 0 Å². The standard InChI is InChI=1S/C4H10BO2P/c1-8(2,7)3-4(5)6/h3,5H2,1-2H3. The van der Waals surface area contributed by atoms with Gasteiger partial charge >= 0.3 is 0 Å². The third kappa shape index (κ3) is 5.96. The van der Waals surface area contributed by atoms with Crippen molar-refractivity contribution in [1.29, 1.82) is 0 Å². The first-order chi connectivity index (χ1) is 3.42. The maximum atomic E-state index is 10.8. The summed E-state index contributed by atoms with van der Waals surface area (Å²) in [4.78, 5) is 10.3. The molecule has 0 aliphatic carbocycles. The maximum absolute atomic E-state index is 10.8. The molecule has 4 heteroatoms. The second-order valence-corrected chi connectivity index (χ2v) is 5.90. The average molecular weight is 132 g/mol. The lowest BCUT2D eigenvalue weighted by Gasteiger charge is -1.99. The van der Waals surface area contributed by atoms with E-state index in [1.165, 1.54) is 7.85 Å². The van der Waals surface area contributed by atoms with Crippen LogP contribution in [0.5, 0.6) is 0 Å². The molecule has 2 nitrogen and oxygen atoms in total. The van der Waals surface area contributed by atoms with E-state index in [0.29, 0.717) is 0 Å². The van der Waals surface area contributed by atoms with E-state index in [9.17, 15) is 9.36 Å². The molecule has 0 N–H and O–H groups in total. The molecule has 0 spiro atoms. The van der Waals surface area contributed by atoms with Crippen molar-refractivity contribution in [3.63, 3.8) is 0 Å². The zero-order valence-electron chi connectivity index (χ0n) is 5.47. The molecule has 0 saturated heterocycles. The zero-order chi connectivity index (χ0) is 6.78. The van der Waals surface area contributed by atoms with Crippen LogP contribution in [0.1, 0.15) is 0 Å². The summed E-state index contributed by atoms with van der Waals surface area (Å²) < 4.78 is 10.8. The normalized spacial score (nSPS) is 11.2. The number of hydrogen-bond donors (Lipinski definition) is 0. The molecule has 0 rings (SSSR count). The summed E-state index contributed by atoms with van der Waals surface area (Å²) in [6.45, 7) is 3.24. The minimum atomic E-state index is -2.07. The van der Waals surface area contributed by atoms with E-state index in [1.807, 2.05) is 0 Å². The van der Waals surface area contributed by atoms with Crippen molar-refractivity contribution in [2.24, 2.45) is 0 Å². The second kappa shape index (κ2) is 2.50. The van der Waals surface area contributed by atoms with Gasteiger partial charge in [-0.05, 0) is 13.3 Å². The molecule has 0 radical (unpaired) electrons. The minimum Gasteiger partial charge on any atom is -0.324 e. The van der Waals surface area contributed by atoms with Crippen LogP contribution in [0.3, 0.4) is 0 Å². The summed E-state index contributed by atoms with van der Waals surface area (Å²) in [5.41, 5.74) is 0.0123. The summed E-state index contributed by atoms with van der Waals surface area (Å²) >= 11 is 0. The minimum absolute atomic E-state index is 0.0123. The van der Waals surface area contributed by atoms with E-state index in [0.717, 1.165) is 0 Å². The summed E-state index contributed by atoms with van der Waals surface area (Å²) in [6, 6.07) is 0. The molecule has 0 aromatic carbocycles. The lowest BCUT2D eigenvalue weighted by molar-refractivity contribution is -0.109. The molecule has 0 aromatic rings. The van der Waals surface area contributed by atoms with Gasteiger partial charge in [0.05, 0.1) is 12.8 Å². The maximum Gasteiger partial charge on any atom is 0.187 e. The molecule has 0 aliphatic heterocycles. The van der Waals surface area contributed by atoms with Crippen molar-refractivity contribution in [3.05, 3.63) is 0 Å². The lowest BCUT2D eigenvalue weighted by atomic mass is 10.1. The predicted octanol–water partition coefficient (Wildman–Crippen LogP) is -0.231. The SMILES string of the molecule is BC(=O)CP(C)(C)=O. The highest BCUT2D eigenvalue weighted by Gasteiger charge is 2.08. The third-order valence-corrected chi connectivity index (χ3v) is 1.81.